The molecule has 5 nitrogen and oxygen atoms in total. The van der Waals surface area contributed by atoms with Crippen molar-refractivity contribution in [2.24, 2.45) is 5.84 Å². The first-order chi connectivity index (χ1) is 7.72. The largest absolute Gasteiger partial charge is 0.394 e. The Morgan fingerprint density at radius 1 is 1.12 bits per heavy atom. The van der Waals surface area contributed by atoms with E-state index in [1.165, 1.54) is 0 Å². The number of benzene rings is 1. The van der Waals surface area contributed by atoms with E-state index in [1.807, 2.05) is 30.3 Å². The molecule has 0 spiro atoms. The Morgan fingerprint density at radius 3 is 2.44 bits per heavy atom. The summed E-state index contributed by atoms with van der Waals surface area (Å²) in [7, 11) is 0. The first-order valence-electron chi connectivity index (χ1n) is 4.88. The summed E-state index contributed by atoms with van der Waals surface area (Å²) >= 11 is 0. The zero-order valence-electron chi connectivity index (χ0n) is 8.94. The summed E-state index contributed by atoms with van der Waals surface area (Å²) in [6, 6.07) is 9.69. The average molecular weight is 215 g/mol. The highest BCUT2D eigenvalue weighted by Crippen LogP contribution is 2.27. The summed E-state index contributed by atoms with van der Waals surface area (Å²) in [4.78, 5) is 8.43. The number of aromatic nitrogens is 2. The number of rotatable bonds is 2. The molecule has 0 saturated heterocycles. The smallest absolute Gasteiger partial charge is 0.167 e. The molecule has 0 fully saturated rings. The molecule has 0 aliphatic heterocycles. The molecular formula is C11H13N5. The van der Waals surface area contributed by atoms with Crippen LogP contribution in [0.4, 0.5) is 11.5 Å². The second kappa shape index (κ2) is 4.16. The Morgan fingerprint density at radius 2 is 1.81 bits per heavy atom. The Kier molecular flexibility index (Phi) is 2.70. The van der Waals surface area contributed by atoms with Crippen LogP contribution < -0.4 is 17.0 Å². The van der Waals surface area contributed by atoms with E-state index < -0.39 is 0 Å². The molecule has 1 aromatic carbocycles. The normalized spacial score (nSPS) is 10.1. The zero-order valence-corrected chi connectivity index (χ0v) is 8.94. The average Bonchev–Trinajstić information content (AvgIpc) is 2.33. The number of nitrogen functional groups attached to an aromatic ring is 2. The van der Waals surface area contributed by atoms with Crippen molar-refractivity contribution >= 4 is 11.5 Å². The van der Waals surface area contributed by atoms with E-state index in [4.69, 9.17) is 11.6 Å². The highest BCUT2D eigenvalue weighted by Gasteiger charge is 2.10. The molecule has 0 atom stereocenters. The molecule has 5 heteroatoms. The van der Waals surface area contributed by atoms with E-state index in [-0.39, 0.29) is 0 Å². The molecule has 2 aromatic rings. The van der Waals surface area contributed by atoms with Crippen LogP contribution in [-0.2, 0) is 0 Å². The molecular weight excluding hydrogens is 202 g/mol. The predicted octanol–water partition coefficient (Wildman–Crippen LogP) is 1.32. The van der Waals surface area contributed by atoms with Gasteiger partial charge in [0.15, 0.2) is 5.82 Å². The third kappa shape index (κ3) is 1.80. The summed E-state index contributed by atoms with van der Waals surface area (Å²) in [5, 5.41) is 0. The fraction of sp³-hybridized carbons (Fsp3) is 0.0909. The van der Waals surface area contributed by atoms with Crippen molar-refractivity contribution in [3.05, 3.63) is 36.2 Å². The minimum atomic E-state index is 0.450. The van der Waals surface area contributed by atoms with Gasteiger partial charge in [0.25, 0.3) is 0 Å². The van der Waals surface area contributed by atoms with Crippen LogP contribution in [0.3, 0.4) is 0 Å². The molecule has 82 valence electrons. The molecule has 16 heavy (non-hydrogen) atoms. The van der Waals surface area contributed by atoms with Gasteiger partial charge in [0.1, 0.15) is 11.5 Å². The number of nitrogens with zero attached hydrogens (tertiary/aromatic N) is 2. The number of anilines is 2. The van der Waals surface area contributed by atoms with Gasteiger partial charge in [-0.3, -0.25) is 0 Å². The van der Waals surface area contributed by atoms with Gasteiger partial charge in [-0.05, 0) is 6.92 Å². The van der Waals surface area contributed by atoms with Crippen molar-refractivity contribution in [1.29, 1.82) is 0 Å². The summed E-state index contributed by atoms with van der Waals surface area (Å²) in [5.74, 6) is 6.42. The van der Waals surface area contributed by atoms with Gasteiger partial charge in [-0.1, -0.05) is 30.3 Å². The molecule has 0 radical (unpaired) electrons. The standard InChI is InChI=1S/C11H13N5/c1-7-14-10(8-5-3-2-4-6-8)9(12)11(15-7)16-13/h2-6H,12-13H2,1H3,(H,14,15,16). The van der Waals surface area contributed by atoms with Crippen molar-refractivity contribution in [3.63, 3.8) is 0 Å². The molecule has 2 rings (SSSR count). The molecule has 0 unspecified atom stereocenters. The second-order valence-corrected chi connectivity index (χ2v) is 3.39. The van der Waals surface area contributed by atoms with E-state index >= 15 is 0 Å². The van der Waals surface area contributed by atoms with E-state index in [1.54, 1.807) is 6.92 Å². The maximum absolute atomic E-state index is 5.93. The van der Waals surface area contributed by atoms with Crippen LogP contribution in [0, 0.1) is 6.92 Å². The fourth-order valence-corrected chi connectivity index (χ4v) is 1.51. The lowest BCUT2D eigenvalue weighted by Crippen LogP contribution is -2.13. The van der Waals surface area contributed by atoms with Crippen molar-refractivity contribution in [3.8, 4) is 11.3 Å². The van der Waals surface area contributed by atoms with E-state index in [2.05, 4.69) is 15.4 Å². The summed E-state index contributed by atoms with van der Waals surface area (Å²) in [6.07, 6.45) is 0. The number of hydrogen-bond acceptors (Lipinski definition) is 5. The zero-order chi connectivity index (χ0) is 11.5. The Hall–Kier alpha value is -2.14. The van der Waals surface area contributed by atoms with E-state index in [0.717, 1.165) is 5.56 Å². The lowest BCUT2D eigenvalue weighted by Gasteiger charge is -2.10. The fourth-order valence-electron chi connectivity index (χ4n) is 1.51. The minimum Gasteiger partial charge on any atom is -0.394 e. The topological polar surface area (TPSA) is 89.8 Å². The van der Waals surface area contributed by atoms with Crippen molar-refractivity contribution in [2.75, 3.05) is 11.2 Å². The van der Waals surface area contributed by atoms with Gasteiger partial charge in [-0.25, -0.2) is 15.8 Å². The van der Waals surface area contributed by atoms with Crippen molar-refractivity contribution < 1.29 is 0 Å². The van der Waals surface area contributed by atoms with Crippen molar-refractivity contribution in [2.45, 2.75) is 6.92 Å². The van der Waals surface area contributed by atoms with Gasteiger partial charge >= 0.3 is 0 Å². The highest BCUT2D eigenvalue weighted by atomic mass is 15.3. The van der Waals surface area contributed by atoms with E-state index in [9.17, 15) is 0 Å². The molecule has 1 heterocycles. The van der Waals surface area contributed by atoms with Crippen LogP contribution in [0.25, 0.3) is 11.3 Å². The van der Waals surface area contributed by atoms with Crippen LogP contribution in [0.1, 0.15) is 5.82 Å². The van der Waals surface area contributed by atoms with Gasteiger partial charge in [-0.2, -0.15) is 0 Å². The maximum atomic E-state index is 5.93. The number of aryl methyl sites for hydroxylation is 1. The predicted molar refractivity (Wildman–Crippen MR) is 64.4 cm³/mol. The second-order valence-electron chi connectivity index (χ2n) is 3.39. The number of hydrogen-bond donors (Lipinski definition) is 3. The summed E-state index contributed by atoms with van der Waals surface area (Å²) < 4.78 is 0. The SMILES string of the molecule is Cc1nc(NN)c(N)c(-c2ccccc2)n1. The Balaban J connectivity index is 2.61. The molecule has 0 saturated carbocycles. The van der Waals surface area contributed by atoms with Crippen LogP contribution >= 0.6 is 0 Å². The highest BCUT2D eigenvalue weighted by molar-refractivity contribution is 5.80. The maximum Gasteiger partial charge on any atom is 0.167 e. The van der Waals surface area contributed by atoms with Gasteiger partial charge in [0.2, 0.25) is 0 Å². The number of hydrazine groups is 1. The van der Waals surface area contributed by atoms with Crippen LogP contribution in [0.15, 0.2) is 30.3 Å². The molecule has 0 aliphatic carbocycles. The summed E-state index contributed by atoms with van der Waals surface area (Å²) in [5.41, 5.74) is 10.5. The lowest BCUT2D eigenvalue weighted by molar-refractivity contribution is 1.05. The first kappa shape index (κ1) is 10.4. The van der Waals surface area contributed by atoms with Crippen LogP contribution in [0.5, 0.6) is 0 Å². The quantitative estimate of drug-likeness (QED) is 0.519. The molecule has 1 aromatic heterocycles. The number of nitrogens with one attached hydrogen (secondary N) is 1. The van der Waals surface area contributed by atoms with Gasteiger partial charge in [-0.15, -0.1) is 0 Å². The van der Waals surface area contributed by atoms with Crippen LogP contribution in [0.2, 0.25) is 0 Å². The first-order valence-corrected chi connectivity index (χ1v) is 4.88. The molecule has 5 N–H and O–H groups in total. The molecule has 0 aliphatic rings. The van der Waals surface area contributed by atoms with E-state index in [0.29, 0.717) is 23.0 Å². The van der Waals surface area contributed by atoms with Gasteiger partial charge in [0.05, 0.1) is 5.69 Å². The van der Waals surface area contributed by atoms with Gasteiger partial charge in [0, 0.05) is 5.56 Å². The Bertz CT molecular complexity index is 495. The molecule has 0 amide bonds. The monoisotopic (exact) mass is 215 g/mol. The minimum absolute atomic E-state index is 0.450. The number of nitrogens with two attached hydrogens (primary N) is 2. The summed E-state index contributed by atoms with van der Waals surface area (Å²) in [6.45, 7) is 1.80. The third-order valence-corrected chi connectivity index (χ3v) is 2.24. The molecule has 0 bridgehead atoms. The third-order valence-electron chi connectivity index (χ3n) is 2.24. The van der Waals surface area contributed by atoms with Crippen molar-refractivity contribution in [1.82, 2.24) is 9.97 Å². The Labute approximate surface area is 93.5 Å². The van der Waals surface area contributed by atoms with Gasteiger partial charge < -0.3 is 11.2 Å². The lowest BCUT2D eigenvalue weighted by atomic mass is 10.1. The van der Waals surface area contributed by atoms with Crippen LogP contribution in [-0.4, -0.2) is 9.97 Å².